The maximum absolute atomic E-state index is 5.39. The van der Waals surface area contributed by atoms with Crippen molar-refractivity contribution in [3.63, 3.8) is 0 Å². The minimum atomic E-state index is 0.204. The molecule has 0 bridgehead atoms. The average molecular weight is 220 g/mol. The Morgan fingerprint density at radius 2 is 2.00 bits per heavy atom. The molecule has 88 valence electrons. The quantitative estimate of drug-likeness (QED) is 0.779. The van der Waals surface area contributed by atoms with Gasteiger partial charge in [-0.25, -0.2) is 0 Å². The fourth-order valence-electron chi connectivity index (χ4n) is 2.14. The van der Waals surface area contributed by atoms with Crippen molar-refractivity contribution >= 4 is 0 Å². The zero-order chi connectivity index (χ0) is 11.8. The molecule has 0 atom stereocenters. The third kappa shape index (κ3) is 1.82. The third-order valence-corrected chi connectivity index (χ3v) is 3.39. The SMILES string of the molecule is COc1ccc(C2(C)COC2)cc1C(C)C. The summed E-state index contributed by atoms with van der Waals surface area (Å²) in [6.45, 7) is 8.30. The fourth-order valence-corrected chi connectivity index (χ4v) is 2.14. The van der Waals surface area contributed by atoms with Crippen molar-refractivity contribution in [3.05, 3.63) is 29.3 Å². The molecule has 1 aromatic carbocycles. The maximum atomic E-state index is 5.39. The van der Waals surface area contributed by atoms with Crippen LogP contribution in [0.2, 0.25) is 0 Å². The molecule has 1 fully saturated rings. The molecule has 1 aromatic rings. The summed E-state index contributed by atoms with van der Waals surface area (Å²) < 4.78 is 10.7. The zero-order valence-electron chi connectivity index (χ0n) is 10.5. The largest absolute Gasteiger partial charge is 0.496 e. The molecule has 0 unspecified atom stereocenters. The molecule has 1 heterocycles. The Morgan fingerprint density at radius 1 is 1.31 bits per heavy atom. The Labute approximate surface area is 97.6 Å². The van der Waals surface area contributed by atoms with Crippen LogP contribution < -0.4 is 4.74 Å². The molecule has 0 N–H and O–H groups in total. The van der Waals surface area contributed by atoms with Crippen molar-refractivity contribution in [1.29, 1.82) is 0 Å². The first-order valence-electron chi connectivity index (χ1n) is 5.83. The van der Waals surface area contributed by atoms with Gasteiger partial charge in [0.25, 0.3) is 0 Å². The highest BCUT2D eigenvalue weighted by molar-refractivity contribution is 5.42. The van der Waals surface area contributed by atoms with E-state index in [0.717, 1.165) is 19.0 Å². The molecule has 16 heavy (non-hydrogen) atoms. The van der Waals surface area contributed by atoms with Gasteiger partial charge in [0.15, 0.2) is 0 Å². The van der Waals surface area contributed by atoms with E-state index in [1.807, 2.05) is 0 Å². The third-order valence-electron chi connectivity index (χ3n) is 3.39. The number of ether oxygens (including phenoxy) is 2. The molecule has 1 aliphatic rings. The number of methoxy groups -OCH3 is 1. The van der Waals surface area contributed by atoms with E-state index in [0.29, 0.717) is 5.92 Å². The zero-order valence-corrected chi connectivity index (χ0v) is 10.5. The summed E-state index contributed by atoms with van der Waals surface area (Å²) in [5.41, 5.74) is 2.85. The Bertz CT molecular complexity index is 378. The summed E-state index contributed by atoms with van der Waals surface area (Å²) in [6.07, 6.45) is 0. The van der Waals surface area contributed by atoms with E-state index in [2.05, 4.69) is 39.0 Å². The van der Waals surface area contributed by atoms with E-state index in [1.54, 1.807) is 7.11 Å². The Balaban J connectivity index is 2.38. The first kappa shape index (κ1) is 11.5. The summed E-state index contributed by atoms with van der Waals surface area (Å²) in [7, 11) is 1.73. The first-order chi connectivity index (χ1) is 7.57. The highest BCUT2D eigenvalue weighted by Crippen LogP contribution is 2.36. The molecule has 0 saturated carbocycles. The minimum absolute atomic E-state index is 0.204. The molecule has 1 aliphatic heterocycles. The van der Waals surface area contributed by atoms with Crippen LogP contribution in [0.5, 0.6) is 5.75 Å². The van der Waals surface area contributed by atoms with Crippen molar-refractivity contribution < 1.29 is 9.47 Å². The minimum Gasteiger partial charge on any atom is -0.496 e. The van der Waals surface area contributed by atoms with Crippen LogP contribution in [0.3, 0.4) is 0 Å². The van der Waals surface area contributed by atoms with Crippen LogP contribution in [-0.4, -0.2) is 20.3 Å². The lowest BCUT2D eigenvalue weighted by Crippen LogP contribution is -2.43. The second kappa shape index (κ2) is 4.10. The molecule has 0 aliphatic carbocycles. The van der Waals surface area contributed by atoms with Gasteiger partial charge in [-0.2, -0.15) is 0 Å². The lowest BCUT2D eigenvalue weighted by Gasteiger charge is -2.39. The molecule has 0 radical (unpaired) electrons. The highest BCUT2D eigenvalue weighted by atomic mass is 16.5. The van der Waals surface area contributed by atoms with Gasteiger partial charge < -0.3 is 9.47 Å². The predicted molar refractivity (Wildman–Crippen MR) is 65.3 cm³/mol. The van der Waals surface area contributed by atoms with E-state index in [9.17, 15) is 0 Å². The normalized spacial score (nSPS) is 18.3. The van der Waals surface area contributed by atoms with E-state index in [4.69, 9.17) is 9.47 Å². The van der Waals surface area contributed by atoms with Crippen molar-refractivity contribution in [2.45, 2.75) is 32.1 Å². The van der Waals surface area contributed by atoms with Gasteiger partial charge in [-0.15, -0.1) is 0 Å². The molecule has 2 rings (SSSR count). The monoisotopic (exact) mass is 220 g/mol. The summed E-state index contributed by atoms with van der Waals surface area (Å²) in [5.74, 6) is 1.47. The standard InChI is InChI=1S/C14H20O2/c1-10(2)12-7-11(5-6-13(12)15-4)14(3)8-16-9-14/h5-7,10H,8-9H2,1-4H3. The molecule has 1 saturated heterocycles. The Kier molecular flexibility index (Phi) is 2.94. The fraction of sp³-hybridized carbons (Fsp3) is 0.571. The average Bonchev–Trinajstić information content (AvgIpc) is 2.25. The maximum Gasteiger partial charge on any atom is 0.122 e. The van der Waals surface area contributed by atoms with E-state index in [1.165, 1.54) is 11.1 Å². The van der Waals surface area contributed by atoms with Gasteiger partial charge in [-0.1, -0.05) is 32.9 Å². The Morgan fingerprint density at radius 3 is 2.44 bits per heavy atom. The van der Waals surface area contributed by atoms with Gasteiger partial charge >= 0.3 is 0 Å². The molecule has 0 aromatic heterocycles. The van der Waals surface area contributed by atoms with Crippen molar-refractivity contribution in [1.82, 2.24) is 0 Å². The van der Waals surface area contributed by atoms with Gasteiger partial charge in [-0.3, -0.25) is 0 Å². The molecular weight excluding hydrogens is 200 g/mol. The predicted octanol–water partition coefficient (Wildman–Crippen LogP) is 3.11. The van der Waals surface area contributed by atoms with Crippen LogP contribution >= 0.6 is 0 Å². The highest BCUT2D eigenvalue weighted by Gasteiger charge is 2.35. The lowest BCUT2D eigenvalue weighted by atomic mass is 9.79. The van der Waals surface area contributed by atoms with Crippen LogP contribution in [0, 0.1) is 0 Å². The summed E-state index contributed by atoms with van der Waals surface area (Å²) in [6, 6.07) is 6.51. The lowest BCUT2D eigenvalue weighted by molar-refractivity contribution is -0.0500. The van der Waals surface area contributed by atoms with Gasteiger partial charge in [0.2, 0.25) is 0 Å². The number of hydrogen-bond donors (Lipinski definition) is 0. The van der Waals surface area contributed by atoms with E-state index in [-0.39, 0.29) is 5.41 Å². The topological polar surface area (TPSA) is 18.5 Å². The number of hydrogen-bond acceptors (Lipinski definition) is 2. The summed E-state index contributed by atoms with van der Waals surface area (Å²) in [5, 5.41) is 0. The van der Waals surface area contributed by atoms with Gasteiger partial charge in [0, 0.05) is 5.41 Å². The molecular formula is C14H20O2. The van der Waals surface area contributed by atoms with Crippen molar-refractivity contribution in [2.75, 3.05) is 20.3 Å². The summed E-state index contributed by atoms with van der Waals surface area (Å²) in [4.78, 5) is 0. The molecule has 2 heteroatoms. The molecule has 2 nitrogen and oxygen atoms in total. The van der Waals surface area contributed by atoms with Crippen LogP contribution in [0.15, 0.2) is 18.2 Å². The van der Waals surface area contributed by atoms with Crippen molar-refractivity contribution in [2.24, 2.45) is 0 Å². The first-order valence-corrected chi connectivity index (χ1v) is 5.83. The van der Waals surface area contributed by atoms with E-state index < -0.39 is 0 Å². The van der Waals surface area contributed by atoms with Crippen molar-refractivity contribution in [3.8, 4) is 5.75 Å². The van der Waals surface area contributed by atoms with Crippen LogP contribution in [0.1, 0.15) is 37.8 Å². The van der Waals surface area contributed by atoms with Gasteiger partial charge in [-0.05, 0) is 23.1 Å². The van der Waals surface area contributed by atoms with Crippen LogP contribution in [-0.2, 0) is 10.2 Å². The van der Waals surface area contributed by atoms with Gasteiger partial charge in [0.1, 0.15) is 5.75 Å². The second-order valence-electron chi connectivity index (χ2n) is 5.16. The number of benzene rings is 1. The second-order valence-corrected chi connectivity index (χ2v) is 5.16. The molecule has 0 spiro atoms. The van der Waals surface area contributed by atoms with E-state index >= 15 is 0 Å². The molecule has 0 amide bonds. The Hall–Kier alpha value is -1.02. The number of rotatable bonds is 3. The van der Waals surface area contributed by atoms with Crippen LogP contribution in [0.25, 0.3) is 0 Å². The van der Waals surface area contributed by atoms with Crippen LogP contribution in [0.4, 0.5) is 0 Å². The summed E-state index contributed by atoms with van der Waals surface area (Å²) >= 11 is 0. The van der Waals surface area contributed by atoms with Gasteiger partial charge in [0.05, 0.1) is 20.3 Å². The smallest absolute Gasteiger partial charge is 0.122 e.